The Kier molecular flexibility index (Phi) is 4.60. The first-order valence-electron chi connectivity index (χ1n) is 7.94. The summed E-state index contributed by atoms with van der Waals surface area (Å²) >= 11 is 0. The first-order chi connectivity index (χ1) is 9.99. The van der Waals surface area contributed by atoms with Crippen molar-refractivity contribution < 1.29 is 9.18 Å². The van der Waals surface area contributed by atoms with Gasteiger partial charge in [-0.25, -0.2) is 0 Å². The predicted octanol–water partition coefficient (Wildman–Crippen LogP) is 2.39. The molecule has 116 valence electrons. The van der Waals surface area contributed by atoms with Gasteiger partial charge in [0.2, 0.25) is 12.8 Å². The van der Waals surface area contributed by atoms with E-state index in [9.17, 15) is 0 Å². The van der Waals surface area contributed by atoms with Gasteiger partial charge in [0.05, 0.1) is 18.5 Å². The van der Waals surface area contributed by atoms with Gasteiger partial charge in [-0.05, 0) is 6.42 Å². The summed E-state index contributed by atoms with van der Waals surface area (Å²) < 4.78 is 1.72. The van der Waals surface area contributed by atoms with Gasteiger partial charge in [0.25, 0.3) is 0 Å². The van der Waals surface area contributed by atoms with Crippen molar-refractivity contribution in [3.05, 3.63) is 24.8 Å². The SMILES string of the molecule is CCCN1C=C[N+](C)([N+]2(CCCC#N)C=CN(C)C2)C1C. The van der Waals surface area contributed by atoms with Crippen LogP contribution < -0.4 is 0 Å². The van der Waals surface area contributed by atoms with E-state index in [-0.39, 0.29) is 0 Å². The fourth-order valence-corrected chi connectivity index (χ4v) is 3.55. The molecular formula is C16H29N5+2. The van der Waals surface area contributed by atoms with Crippen LogP contribution >= 0.6 is 0 Å². The lowest BCUT2D eigenvalue weighted by Crippen LogP contribution is -2.69. The highest BCUT2D eigenvalue weighted by Crippen LogP contribution is 2.36. The Balaban J connectivity index is 2.23. The van der Waals surface area contributed by atoms with Crippen LogP contribution in [0.5, 0.6) is 0 Å². The van der Waals surface area contributed by atoms with Crippen LogP contribution in [0, 0.1) is 11.3 Å². The number of nitrogens with zero attached hydrogens (tertiary/aromatic N) is 5. The molecule has 2 rings (SSSR count). The van der Waals surface area contributed by atoms with Gasteiger partial charge in [0, 0.05) is 33.4 Å². The molecule has 3 unspecified atom stereocenters. The van der Waals surface area contributed by atoms with E-state index >= 15 is 0 Å². The molecule has 3 atom stereocenters. The molecule has 0 aliphatic carbocycles. The van der Waals surface area contributed by atoms with Crippen LogP contribution in [0.3, 0.4) is 0 Å². The molecule has 0 aromatic heterocycles. The van der Waals surface area contributed by atoms with Crippen LogP contribution in [0.4, 0.5) is 0 Å². The smallest absolute Gasteiger partial charge is 0.209 e. The van der Waals surface area contributed by atoms with Gasteiger partial charge >= 0.3 is 0 Å². The molecule has 2 aliphatic rings. The minimum absolute atomic E-state index is 0.420. The van der Waals surface area contributed by atoms with Crippen molar-refractivity contribution in [2.75, 3.05) is 33.9 Å². The lowest BCUT2D eigenvalue weighted by Gasteiger charge is -2.47. The summed E-state index contributed by atoms with van der Waals surface area (Å²) in [4.78, 5) is 4.69. The van der Waals surface area contributed by atoms with Crippen molar-refractivity contribution in [1.82, 2.24) is 9.80 Å². The van der Waals surface area contributed by atoms with Crippen molar-refractivity contribution in [3.63, 3.8) is 0 Å². The molecule has 2 aliphatic heterocycles. The third-order valence-electron chi connectivity index (χ3n) is 5.04. The molecule has 0 saturated heterocycles. The number of hydrogen-bond acceptors (Lipinski definition) is 3. The number of unbranched alkanes of at least 4 members (excludes halogenated alkanes) is 1. The van der Waals surface area contributed by atoms with E-state index in [0.29, 0.717) is 12.6 Å². The van der Waals surface area contributed by atoms with E-state index in [1.807, 2.05) is 0 Å². The van der Waals surface area contributed by atoms with Gasteiger partial charge in [0.1, 0.15) is 13.6 Å². The van der Waals surface area contributed by atoms with Crippen LogP contribution in [0.25, 0.3) is 0 Å². The highest BCUT2D eigenvalue weighted by Gasteiger charge is 2.54. The van der Waals surface area contributed by atoms with Gasteiger partial charge in [-0.15, -0.1) is 9.18 Å². The van der Waals surface area contributed by atoms with E-state index in [2.05, 4.69) is 68.6 Å². The largest absolute Gasteiger partial charge is 0.325 e. The second-order valence-corrected chi connectivity index (χ2v) is 6.43. The summed E-state index contributed by atoms with van der Waals surface area (Å²) in [6.07, 6.45) is 12.2. The molecule has 0 N–H and O–H groups in total. The summed E-state index contributed by atoms with van der Waals surface area (Å²) in [5.41, 5.74) is 0. The lowest BCUT2D eigenvalue weighted by atomic mass is 10.3. The first-order valence-corrected chi connectivity index (χ1v) is 7.94. The molecule has 21 heavy (non-hydrogen) atoms. The van der Waals surface area contributed by atoms with Gasteiger partial charge < -0.3 is 9.80 Å². The standard InChI is InChI=1S/C16H29N5/c1-5-9-19-11-13-20(4,16(19)2)21(12-7-6-8-17)14-10-18(3)15-21/h10-11,13-14,16H,5-7,9,12,15H2,1-4H3/q+2. The van der Waals surface area contributed by atoms with Crippen molar-refractivity contribution in [3.8, 4) is 6.07 Å². The molecule has 0 aromatic rings. The Morgan fingerprint density at radius 1 is 1.33 bits per heavy atom. The van der Waals surface area contributed by atoms with Crippen molar-refractivity contribution in [2.45, 2.75) is 39.3 Å². The molecule has 0 spiro atoms. The summed E-state index contributed by atoms with van der Waals surface area (Å²) in [5, 5.41) is 8.86. The number of nitriles is 1. The van der Waals surface area contributed by atoms with Gasteiger partial charge in [-0.1, -0.05) is 6.92 Å². The second-order valence-electron chi connectivity index (χ2n) is 6.43. The average molecular weight is 291 g/mol. The molecule has 0 radical (unpaired) electrons. The van der Waals surface area contributed by atoms with Crippen LogP contribution in [0.2, 0.25) is 0 Å². The Labute approximate surface area is 129 Å². The maximum absolute atomic E-state index is 8.86. The van der Waals surface area contributed by atoms with E-state index in [1.165, 1.54) is 6.42 Å². The van der Waals surface area contributed by atoms with Crippen molar-refractivity contribution in [1.29, 1.82) is 5.26 Å². The molecule has 5 nitrogen and oxygen atoms in total. The second kappa shape index (κ2) is 6.08. The predicted molar refractivity (Wildman–Crippen MR) is 83.5 cm³/mol. The quantitative estimate of drug-likeness (QED) is 0.556. The summed E-state index contributed by atoms with van der Waals surface area (Å²) in [6.45, 7) is 7.61. The Morgan fingerprint density at radius 3 is 2.67 bits per heavy atom. The van der Waals surface area contributed by atoms with Crippen LogP contribution in [-0.2, 0) is 0 Å². The Hall–Kier alpha value is -1.51. The molecule has 5 heteroatoms. The van der Waals surface area contributed by atoms with Crippen molar-refractivity contribution in [2.24, 2.45) is 0 Å². The van der Waals surface area contributed by atoms with Gasteiger partial charge in [0.15, 0.2) is 12.4 Å². The summed E-state index contributed by atoms with van der Waals surface area (Å²) in [7, 11) is 4.44. The molecule has 0 fully saturated rings. The van der Waals surface area contributed by atoms with E-state index in [1.54, 1.807) is 0 Å². The van der Waals surface area contributed by atoms with E-state index < -0.39 is 0 Å². The number of quaternary nitrogens is 2. The Bertz CT molecular complexity index is 466. The van der Waals surface area contributed by atoms with Crippen LogP contribution in [0.1, 0.15) is 33.1 Å². The molecule has 0 saturated carbocycles. The maximum Gasteiger partial charge on any atom is 0.209 e. The Morgan fingerprint density at radius 2 is 2.10 bits per heavy atom. The number of rotatable bonds is 6. The minimum Gasteiger partial charge on any atom is -0.325 e. The topological polar surface area (TPSA) is 30.3 Å². The molecule has 0 bridgehead atoms. The fraction of sp³-hybridized carbons (Fsp3) is 0.688. The zero-order valence-electron chi connectivity index (χ0n) is 13.9. The van der Waals surface area contributed by atoms with Gasteiger partial charge in [-0.2, -0.15) is 5.26 Å². The fourth-order valence-electron chi connectivity index (χ4n) is 3.55. The van der Waals surface area contributed by atoms with Crippen LogP contribution in [-0.4, -0.2) is 59.0 Å². The van der Waals surface area contributed by atoms with E-state index in [0.717, 1.165) is 35.4 Å². The molecule has 2 heterocycles. The monoisotopic (exact) mass is 291 g/mol. The maximum atomic E-state index is 8.86. The molecule has 0 aromatic carbocycles. The highest BCUT2D eigenvalue weighted by molar-refractivity contribution is 4.86. The lowest BCUT2D eigenvalue weighted by molar-refractivity contribution is -1.45. The average Bonchev–Trinajstić information content (AvgIpc) is 2.97. The third kappa shape index (κ3) is 2.66. The van der Waals surface area contributed by atoms with Gasteiger partial charge in [-0.3, -0.25) is 0 Å². The zero-order chi connectivity index (χ0) is 15.5. The van der Waals surface area contributed by atoms with E-state index in [4.69, 9.17) is 5.26 Å². The number of hydrogen-bond donors (Lipinski definition) is 0. The summed E-state index contributed by atoms with van der Waals surface area (Å²) in [6, 6.07) is 2.28. The third-order valence-corrected chi connectivity index (χ3v) is 5.04. The summed E-state index contributed by atoms with van der Waals surface area (Å²) in [5.74, 6) is 0. The first kappa shape index (κ1) is 15.9. The normalized spacial score (nSPS) is 34.7. The molecular weight excluding hydrogens is 262 g/mol. The highest BCUT2D eigenvalue weighted by atomic mass is 15.9. The van der Waals surface area contributed by atoms with Crippen molar-refractivity contribution >= 4 is 0 Å². The molecule has 0 amide bonds. The minimum atomic E-state index is 0.420. The van der Waals surface area contributed by atoms with Crippen LogP contribution in [0.15, 0.2) is 24.8 Å². The zero-order valence-corrected chi connectivity index (χ0v) is 13.9.